The van der Waals surface area contributed by atoms with Gasteiger partial charge in [-0.25, -0.2) is 4.79 Å². The van der Waals surface area contributed by atoms with E-state index in [0.29, 0.717) is 18.4 Å². The number of phenols is 5. The lowest BCUT2D eigenvalue weighted by atomic mass is 9.89. The number of likely N-dealkylation sites (N-methyl/N-ethyl adjacent to an activating group) is 1. The minimum atomic E-state index is -2.33. The number of nitrogens with one attached hydrogen (secondary N) is 8. The number of aliphatic hydroxyl groups excluding tert-OH is 4. The molecule has 14 rings (SSSR count). The number of carbonyl (C=O) groups is 8. The Labute approximate surface area is 637 Å². The largest absolute Gasteiger partial charge is 0.508 e. The molecule has 31 nitrogen and oxygen atoms in total. The standard InChI is InChI=1S/C77H80Cl2N8O23/c1-3-4-5-6-7-8-9-10-11-12-56(94)82-65-68(97)67(96)55(33-88)109-77(65)110-69-53-27-38-28-54(69)108-51-22-17-37(25-45(51)78)66(95)64-75(103)86-63(76(104)105)43-29-39(89)30-49(92)57(43)42-24-35(15-20-47(42)90)60(72(100)87-64)83-73(101)61(38)84-74(102)62-44-31-41(32-50(93)58(44)79)107-52-26-36(16-21-48(52)91)59(80-2)71(99)81-46(70(98)85-62)23-34-13-18-40(106-53)19-14-34/h13-22,24-32,46,55,59-68,77,80,88-93,95-97H,3-12,23,33H2,1-2H3,(H,81,99)(H,82,94)(H,83,101)(H,84,102)(H,85,98)(H,86,103)(H,87,100)(H,104,105)/t46-,55-,59+,60-,61-,62+,63+,64+,65-,66-,67-,68-,77+/m1/s1. The molecule has 7 heterocycles. The third kappa shape index (κ3) is 17.0. The number of amides is 7. The first-order valence-corrected chi connectivity index (χ1v) is 36.3. The number of aromatic hydroxyl groups is 5. The van der Waals surface area contributed by atoms with Crippen LogP contribution >= 0.6 is 23.2 Å². The molecule has 580 valence electrons. The summed E-state index contributed by atoms with van der Waals surface area (Å²) in [5.74, 6) is -16.0. The van der Waals surface area contributed by atoms with E-state index in [0.717, 1.165) is 106 Å². The maximum absolute atomic E-state index is 16.4. The summed E-state index contributed by atoms with van der Waals surface area (Å²) in [6.07, 6.45) is -1.57. The summed E-state index contributed by atoms with van der Waals surface area (Å²) in [7, 11) is 1.45. The molecule has 0 aromatic heterocycles. The Morgan fingerprint density at radius 1 is 0.555 bits per heavy atom. The zero-order valence-electron chi connectivity index (χ0n) is 59.0. The van der Waals surface area contributed by atoms with E-state index in [2.05, 4.69) is 49.5 Å². The Morgan fingerprint density at radius 2 is 1.18 bits per heavy atom. The summed E-state index contributed by atoms with van der Waals surface area (Å²) in [4.78, 5) is 121. The lowest BCUT2D eigenvalue weighted by Crippen LogP contribution is -2.65. The smallest absolute Gasteiger partial charge is 0.330 e. The van der Waals surface area contributed by atoms with Gasteiger partial charge >= 0.3 is 5.97 Å². The van der Waals surface area contributed by atoms with Crippen molar-refractivity contribution < 1.29 is 113 Å². The molecule has 7 aliphatic rings. The molecule has 1 fully saturated rings. The van der Waals surface area contributed by atoms with Gasteiger partial charge in [-0.2, -0.15) is 0 Å². The number of carboxylic acid groups (broad SMARTS) is 1. The fourth-order valence-electron chi connectivity index (χ4n) is 13.9. The van der Waals surface area contributed by atoms with Gasteiger partial charge in [0, 0.05) is 47.2 Å². The Bertz CT molecular complexity index is 4720. The van der Waals surface area contributed by atoms with Crippen LogP contribution in [0.4, 0.5) is 0 Å². The number of halogens is 2. The predicted octanol–water partition coefficient (Wildman–Crippen LogP) is 6.76. The number of hydrogen-bond donors (Lipinski definition) is 18. The van der Waals surface area contributed by atoms with Gasteiger partial charge in [-0.05, 0) is 114 Å². The van der Waals surface area contributed by atoms with Gasteiger partial charge in [-0.3, -0.25) is 33.6 Å². The first-order chi connectivity index (χ1) is 52.7. The van der Waals surface area contributed by atoms with Crippen molar-refractivity contribution in [2.45, 2.75) is 157 Å². The van der Waals surface area contributed by atoms with Crippen LogP contribution in [0.3, 0.4) is 0 Å². The molecule has 7 aromatic rings. The van der Waals surface area contributed by atoms with Gasteiger partial charge in [0.2, 0.25) is 53.4 Å². The second kappa shape index (κ2) is 33.8. The van der Waals surface area contributed by atoms with Crippen LogP contribution in [-0.4, -0.2) is 155 Å². The zero-order valence-corrected chi connectivity index (χ0v) is 60.5. The molecule has 1 saturated heterocycles. The summed E-state index contributed by atoms with van der Waals surface area (Å²) in [6, 6.07) is 6.57. The zero-order chi connectivity index (χ0) is 78.5. The van der Waals surface area contributed by atoms with Crippen LogP contribution in [0.15, 0.2) is 115 Å². The number of aliphatic carboxylic acids is 1. The molecule has 18 N–H and O–H groups in total. The number of unbranched alkanes of at least 4 members (excludes halogenated alkanes) is 8. The predicted molar refractivity (Wildman–Crippen MR) is 390 cm³/mol. The van der Waals surface area contributed by atoms with Gasteiger partial charge in [0.25, 0.3) is 0 Å². The first-order valence-electron chi connectivity index (χ1n) is 35.5. The third-order valence-electron chi connectivity index (χ3n) is 19.7. The number of hydrogen-bond acceptors (Lipinski definition) is 23. The second-order valence-corrected chi connectivity index (χ2v) is 28.1. The number of carboxylic acids is 1. The monoisotopic (exact) mass is 1550 g/mol. The first kappa shape index (κ1) is 78.4. The molecule has 0 aliphatic carbocycles. The molecule has 13 atom stereocenters. The SMILES string of the molecule is CCCCCCCCCCCC(=O)N[C@H]1[C@H](Oc2c3cc4cc2Oc2ccc(cc2Cl)[C@@H](O)[C@@H]2NC(=O)[C@H](NC(=O)[C@@H]4NC(=O)[C@H]4NC(=O)[C@@H](Cc5ccc(cc5)O3)NC(=O)[C@@H](NC)c3ccc(O)c(c3)Oc3cc(O)c(Cl)c4c3)c3ccc(O)c(c3)-c3c(O)cc(O)cc3[C@@H](C(=O)O)NC2=O)O[C@H](CO)[C@@H](O)[C@@H]1O. The molecular weight excluding hydrogens is 1480 g/mol. The maximum atomic E-state index is 16.4. The summed E-state index contributed by atoms with van der Waals surface area (Å²) in [5, 5.41) is 134. The summed E-state index contributed by atoms with van der Waals surface area (Å²) >= 11 is 14.1. The number of benzene rings is 7. The molecule has 0 spiro atoms. The van der Waals surface area contributed by atoms with Crippen LogP contribution < -0.4 is 61.5 Å². The van der Waals surface area contributed by atoms with Crippen LogP contribution in [0.1, 0.15) is 146 Å². The van der Waals surface area contributed by atoms with E-state index in [1.165, 1.54) is 61.6 Å². The van der Waals surface area contributed by atoms with E-state index in [4.69, 9.17) is 46.9 Å². The molecule has 7 aliphatic heterocycles. The maximum Gasteiger partial charge on any atom is 0.330 e. The van der Waals surface area contributed by atoms with Crippen molar-refractivity contribution in [3.63, 3.8) is 0 Å². The van der Waals surface area contributed by atoms with Crippen LogP contribution in [0.5, 0.6) is 69.0 Å². The van der Waals surface area contributed by atoms with Crippen LogP contribution in [0, 0.1) is 0 Å². The molecule has 0 radical (unpaired) electrons. The Hall–Kier alpha value is -11.2. The Balaban J connectivity index is 1.08. The van der Waals surface area contributed by atoms with Gasteiger partial charge in [-0.15, -0.1) is 0 Å². The molecule has 17 bridgehead atoms. The van der Waals surface area contributed by atoms with E-state index in [1.807, 2.05) is 0 Å². The quantitative estimate of drug-likeness (QED) is 0.0444. The van der Waals surface area contributed by atoms with Crippen LogP contribution in [0.2, 0.25) is 10.0 Å². The van der Waals surface area contributed by atoms with Crippen molar-refractivity contribution in [3.8, 4) is 80.1 Å². The number of carbonyl (C=O) groups excluding carboxylic acids is 7. The van der Waals surface area contributed by atoms with Crippen LogP contribution in [-0.2, 0) is 49.5 Å². The molecule has 110 heavy (non-hydrogen) atoms. The number of fused-ring (bicyclic) bond motifs is 14. The number of aliphatic hydroxyl groups is 4. The summed E-state index contributed by atoms with van der Waals surface area (Å²) < 4.78 is 32.6. The van der Waals surface area contributed by atoms with E-state index < -0.39 is 217 Å². The average Bonchev–Trinajstić information content (AvgIpc) is 0.773. The highest BCUT2D eigenvalue weighted by molar-refractivity contribution is 6.33. The normalized spacial score (nSPS) is 23.9. The number of phenolic OH excluding ortho intramolecular Hbond substituents is 5. The van der Waals surface area contributed by atoms with E-state index in [-0.39, 0.29) is 52.5 Å². The lowest BCUT2D eigenvalue weighted by Gasteiger charge is -2.42. The topological polar surface area (TPSA) is 481 Å². The van der Waals surface area contributed by atoms with Crippen molar-refractivity contribution in [1.82, 2.24) is 42.5 Å². The molecular formula is C77H80Cl2N8O23. The second-order valence-electron chi connectivity index (χ2n) is 27.3. The van der Waals surface area contributed by atoms with E-state index in [9.17, 15) is 70.2 Å². The molecule has 0 saturated carbocycles. The third-order valence-corrected chi connectivity index (χ3v) is 20.4. The Kier molecular flexibility index (Phi) is 24.1. The average molecular weight is 1560 g/mol. The van der Waals surface area contributed by atoms with Crippen LogP contribution in [0.25, 0.3) is 11.1 Å². The minimum Gasteiger partial charge on any atom is -0.508 e. The van der Waals surface area contributed by atoms with Gasteiger partial charge in [0.05, 0.1) is 16.7 Å². The van der Waals surface area contributed by atoms with Crippen molar-refractivity contribution in [3.05, 3.63) is 164 Å². The highest BCUT2D eigenvalue weighted by atomic mass is 35.5. The fraction of sp³-hybridized carbons (Fsp3) is 0.351. The highest BCUT2D eigenvalue weighted by Crippen LogP contribution is 2.50. The van der Waals surface area contributed by atoms with Crippen molar-refractivity contribution in [1.29, 1.82) is 0 Å². The number of rotatable bonds is 16. The lowest BCUT2D eigenvalue weighted by molar-refractivity contribution is -0.244. The highest BCUT2D eigenvalue weighted by Gasteiger charge is 2.48. The molecule has 7 aromatic carbocycles. The van der Waals surface area contributed by atoms with Gasteiger partial charge in [0.15, 0.2) is 29.0 Å². The van der Waals surface area contributed by atoms with Crippen molar-refractivity contribution in [2.75, 3.05) is 13.7 Å². The number of ether oxygens (including phenoxy) is 5. The van der Waals surface area contributed by atoms with Gasteiger partial charge in [0.1, 0.15) is 107 Å². The Morgan fingerprint density at radius 3 is 1.87 bits per heavy atom. The van der Waals surface area contributed by atoms with E-state index >= 15 is 19.2 Å². The molecule has 33 heteroatoms. The fourth-order valence-corrected chi connectivity index (χ4v) is 14.3. The minimum absolute atomic E-state index is 0.0515. The van der Waals surface area contributed by atoms with Crippen molar-refractivity contribution >= 4 is 70.5 Å². The molecule has 0 unspecified atom stereocenters. The van der Waals surface area contributed by atoms with E-state index in [1.54, 1.807) is 0 Å². The van der Waals surface area contributed by atoms with Gasteiger partial charge in [-0.1, -0.05) is 112 Å². The molecule has 7 amide bonds. The summed E-state index contributed by atoms with van der Waals surface area (Å²) in [6.45, 7) is 1.21. The summed E-state index contributed by atoms with van der Waals surface area (Å²) in [5.41, 5.74) is -2.43. The van der Waals surface area contributed by atoms with Crippen molar-refractivity contribution in [2.24, 2.45) is 0 Å². The van der Waals surface area contributed by atoms with Gasteiger partial charge < -0.3 is 117 Å².